The molecule has 1 amide bonds. The highest BCUT2D eigenvalue weighted by molar-refractivity contribution is 5.94. The SMILES string of the molecule is CCN(CC)CCOc1ccc(NC(=O)[C@@H]2CC[C@H](CN)O2)cc1.Cl.Cl. The van der Waals surface area contributed by atoms with E-state index in [1.807, 2.05) is 24.3 Å². The monoisotopic (exact) mass is 407 g/mol. The number of hydrogen-bond donors (Lipinski definition) is 2. The Balaban J connectivity index is 0.00000312. The average Bonchev–Trinajstić information content (AvgIpc) is 3.09. The van der Waals surface area contributed by atoms with Crippen LogP contribution in [0.25, 0.3) is 0 Å². The van der Waals surface area contributed by atoms with Gasteiger partial charge in [-0.05, 0) is 50.2 Å². The molecule has 3 N–H and O–H groups in total. The van der Waals surface area contributed by atoms with E-state index in [1.54, 1.807) is 0 Å². The van der Waals surface area contributed by atoms with E-state index in [4.69, 9.17) is 15.2 Å². The topological polar surface area (TPSA) is 76.8 Å². The minimum atomic E-state index is -0.399. The number of ether oxygens (including phenoxy) is 2. The highest BCUT2D eigenvalue weighted by Crippen LogP contribution is 2.21. The predicted octanol–water partition coefficient (Wildman–Crippen LogP) is 2.70. The first kappa shape index (κ1) is 24.9. The Hall–Kier alpha value is -1.05. The van der Waals surface area contributed by atoms with E-state index in [1.165, 1.54) is 0 Å². The molecule has 0 spiro atoms. The number of nitrogens with two attached hydrogens (primary N) is 1. The molecular weight excluding hydrogens is 377 g/mol. The van der Waals surface area contributed by atoms with Crippen LogP contribution >= 0.6 is 24.8 Å². The number of halogens is 2. The lowest BCUT2D eigenvalue weighted by Gasteiger charge is -2.18. The van der Waals surface area contributed by atoms with Crippen molar-refractivity contribution in [1.29, 1.82) is 0 Å². The zero-order valence-electron chi connectivity index (χ0n) is 15.5. The van der Waals surface area contributed by atoms with Gasteiger partial charge < -0.3 is 25.4 Å². The van der Waals surface area contributed by atoms with E-state index in [0.29, 0.717) is 13.2 Å². The lowest BCUT2D eigenvalue weighted by molar-refractivity contribution is -0.126. The van der Waals surface area contributed by atoms with Crippen molar-refractivity contribution in [3.8, 4) is 5.75 Å². The van der Waals surface area contributed by atoms with Gasteiger partial charge in [-0.1, -0.05) is 13.8 Å². The number of carbonyl (C=O) groups excluding carboxylic acids is 1. The van der Waals surface area contributed by atoms with Crippen molar-refractivity contribution >= 4 is 36.4 Å². The molecule has 0 aliphatic carbocycles. The van der Waals surface area contributed by atoms with Gasteiger partial charge >= 0.3 is 0 Å². The number of anilines is 1. The minimum Gasteiger partial charge on any atom is -0.492 e. The van der Waals surface area contributed by atoms with Crippen molar-refractivity contribution in [2.75, 3.05) is 38.1 Å². The third-order valence-corrected chi connectivity index (χ3v) is 4.36. The molecular formula is C18H31Cl2N3O3. The molecule has 0 radical (unpaired) electrons. The second kappa shape index (κ2) is 13.2. The zero-order chi connectivity index (χ0) is 17.4. The Morgan fingerprint density at radius 1 is 1.23 bits per heavy atom. The van der Waals surface area contributed by atoms with Crippen molar-refractivity contribution < 1.29 is 14.3 Å². The van der Waals surface area contributed by atoms with Crippen molar-refractivity contribution in [3.05, 3.63) is 24.3 Å². The third-order valence-electron chi connectivity index (χ3n) is 4.36. The normalized spacial score (nSPS) is 18.8. The number of nitrogens with one attached hydrogen (secondary N) is 1. The van der Waals surface area contributed by atoms with Crippen LogP contribution in [0.4, 0.5) is 5.69 Å². The van der Waals surface area contributed by atoms with Gasteiger partial charge in [-0.15, -0.1) is 24.8 Å². The number of rotatable bonds is 9. The Kier molecular flexibility index (Phi) is 12.6. The van der Waals surface area contributed by atoms with Crippen LogP contribution in [0, 0.1) is 0 Å². The summed E-state index contributed by atoms with van der Waals surface area (Å²) in [5.41, 5.74) is 6.31. The van der Waals surface area contributed by atoms with E-state index in [2.05, 4.69) is 24.1 Å². The summed E-state index contributed by atoms with van der Waals surface area (Å²) in [7, 11) is 0. The molecule has 0 unspecified atom stereocenters. The Morgan fingerprint density at radius 3 is 2.42 bits per heavy atom. The van der Waals surface area contributed by atoms with Gasteiger partial charge in [-0.3, -0.25) is 4.79 Å². The molecule has 1 fully saturated rings. The fourth-order valence-corrected chi connectivity index (χ4v) is 2.76. The van der Waals surface area contributed by atoms with Gasteiger partial charge in [0, 0.05) is 18.8 Å². The van der Waals surface area contributed by atoms with E-state index in [0.717, 1.165) is 43.9 Å². The zero-order valence-corrected chi connectivity index (χ0v) is 17.1. The van der Waals surface area contributed by atoms with Crippen LogP contribution in [0.15, 0.2) is 24.3 Å². The molecule has 0 saturated carbocycles. The van der Waals surface area contributed by atoms with Crippen LogP contribution in [0.3, 0.4) is 0 Å². The fraction of sp³-hybridized carbons (Fsp3) is 0.611. The second-order valence-corrected chi connectivity index (χ2v) is 5.95. The molecule has 1 aromatic rings. The Morgan fingerprint density at radius 2 is 1.88 bits per heavy atom. The summed E-state index contributed by atoms with van der Waals surface area (Å²) < 4.78 is 11.3. The van der Waals surface area contributed by atoms with Crippen molar-refractivity contribution in [2.24, 2.45) is 5.73 Å². The molecule has 26 heavy (non-hydrogen) atoms. The van der Waals surface area contributed by atoms with Crippen LogP contribution in [-0.2, 0) is 9.53 Å². The van der Waals surface area contributed by atoms with Gasteiger partial charge in [-0.2, -0.15) is 0 Å². The largest absolute Gasteiger partial charge is 0.492 e. The molecule has 0 aromatic heterocycles. The van der Waals surface area contributed by atoms with Crippen molar-refractivity contribution in [1.82, 2.24) is 4.90 Å². The van der Waals surface area contributed by atoms with Gasteiger partial charge in [-0.25, -0.2) is 0 Å². The van der Waals surface area contributed by atoms with Gasteiger partial charge in [0.15, 0.2) is 0 Å². The molecule has 1 saturated heterocycles. The van der Waals surface area contributed by atoms with Crippen LogP contribution in [0.1, 0.15) is 26.7 Å². The predicted molar refractivity (Wildman–Crippen MR) is 110 cm³/mol. The smallest absolute Gasteiger partial charge is 0.253 e. The average molecular weight is 408 g/mol. The van der Waals surface area contributed by atoms with E-state index >= 15 is 0 Å². The van der Waals surface area contributed by atoms with Crippen LogP contribution in [-0.4, -0.2) is 55.8 Å². The van der Waals surface area contributed by atoms with E-state index in [9.17, 15) is 4.79 Å². The number of carbonyl (C=O) groups is 1. The third kappa shape index (κ3) is 7.68. The molecule has 2 atom stereocenters. The summed E-state index contributed by atoms with van der Waals surface area (Å²) in [6.07, 6.45) is 1.17. The summed E-state index contributed by atoms with van der Waals surface area (Å²) in [5, 5.41) is 2.88. The van der Waals surface area contributed by atoms with Crippen LogP contribution in [0.5, 0.6) is 5.75 Å². The lowest BCUT2D eigenvalue weighted by Crippen LogP contribution is -2.29. The standard InChI is InChI=1S/C18H29N3O3.2ClH/c1-3-21(4-2)11-12-23-15-7-5-14(6-8-15)20-18(22)17-10-9-16(13-19)24-17;;/h5-8,16-17H,3-4,9-13,19H2,1-2H3,(H,20,22);2*1H/t16-,17+;;/m1../s1. The summed E-state index contributed by atoms with van der Waals surface area (Å²) in [5.74, 6) is 0.696. The maximum Gasteiger partial charge on any atom is 0.253 e. The van der Waals surface area contributed by atoms with Gasteiger partial charge in [0.1, 0.15) is 18.5 Å². The maximum absolute atomic E-state index is 12.2. The lowest BCUT2D eigenvalue weighted by atomic mass is 10.2. The van der Waals surface area contributed by atoms with E-state index in [-0.39, 0.29) is 36.8 Å². The van der Waals surface area contributed by atoms with Crippen LogP contribution < -0.4 is 15.8 Å². The molecule has 1 heterocycles. The highest BCUT2D eigenvalue weighted by atomic mass is 35.5. The first-order chi connectivity index (χ1) is 11.7. The number of likely N-dealkylation sites (N-methyl/N-ethyl adjacent to an activating group) is 1. The number of nitrogens with zero attached hydrogens (tertiary/aromatic N) is 1. The second-order valence-electron chi connectivity index (χ2n) is 5.95. The first-order valence-corrected chi connectivity index (χ1v) is 8.77. The van der Waals surface area contributed by atoms with E-state index < -0.39 is 6.10 Å². The quantitative estimate of drug-likeness (QED) is 0.657. The van der Waals surface area contributed by atoms with Crippen molar-refractivity contribution in [3.63, 3.8) is 0 Å². The number of hydrogen-bond acceptors (Lipinski definition) is 5. The molecule has 1 aliphatic rings. The van der Waals surface area contributed by atoms with Crippen LogP contribution in [0.2, 0.25) is 0 Å². The first-order valence-electron chi connectivity index (χ1n) is 8.77. The van der Waals surface area contributed by atoms with Gasteiger partial charge in [0.05, 0.1) is 6.10 Å². The molecule has 8 heteroatoms. The maximum atomic E-state index is 12.2. The Bertz CT molecular complexity index is 513. The summed E-state index contributed by atoms with van der Waals surface area (Å²) >= 11 is 0. The highest BCUT2D eigenvalue weighted by Gasteiger charge is 2.29. The summed E-state index contributed by atoms with van der Waals surface area (Å²) in [6, 6.07) is 7.44. The molecule has 0 bridgehead atoms. The van der Waals surface area contributed by atoms with Gasteiger partial charge in [0.25, 0.3) is 5.91 Å². The molecule has 6 nitrogen and oxygen atoms in total. The fourth-order valence-electron chi connectivity index (χ4n) is 2.76. The molecule has 150 valence electrons. The van der Waals surface area contributed by atoms with Crippen molar-refractivity contribution in [2.45, 2.75) is 38.9 Å². The molecule has 2 rings (SSSR count). The number of benzene rings is 1. The summed E-state index contributed by atoms with van der Waals surface area (Å²) in [6.45, 7) is 8.37. The number of amides is 1. The molecule has 1 aromatic carbocycles. The summed E-state index contributed by atoms with van der Waals surface area (Å²) in [4.78, 5) is 14.5. The van der Waals surface area contributed by atoms with Gasteiger partial charge in [0.2, 0.25) is 0 Å². The molecule has 1 aliphatic heterocycles. The minimum absolute atomic E-state index is 0. The Labute approximate surface area is 168 Å².